The van der Waals surface area contributed by atoms with Gasteiger partial charge in [-0.2, -0.15) is 0 Å². The fraction of sp³-hybridized carbons (Fsp3) is 0.360. The lowest BCUT2D eigenvalue weighted by Crippen LogP contribution is -2.41. The van der Waals surface area contributed by atoms with Crippen LogP contribution in [-0.2, 0) is 13.0 Å². The van der Waals surface area contributed by atoms with Gasteiger partial charge in [-0.25, -0.2) is 0 Å². The van der Waals surface area contributed by atoms with Crippen molar-refractivity contribution in [2.24, 2.45) is 5.41 Å². The van der Waals surface area contributed by atoms with Crippen LogP contribution in [0.1, 0.15) is 64.4 Å². The van der Waals surface area contributed by atoms with Crippen LogP contribution in [-0.4, -0.2) is 34.4 Å². The molecule has 2 aliphatic rings. The molecule has 5 rings (SSSR count). The van der Waals surface area contributed by atoms with Gasteiger partial charge in [0.15, 0.2) is 5.69 Å². The molecule has 0 radical (unpaired) electrons. The number of hydrogen-bond acceptors (Lipinski definition) is 5. The van der Waals surface area contributed by atoms with Gasteiger partial charge in [0, 0.05) is 40.0 Å². The van der Waals surface area contributed by atoms with Crippen molar-refractivity contribution < 1.29 is 14.5 Å². The van der Waals surface area contributed by atoms with E-state index < -0.39 is 0 Å². The second-order valence-corrected chi connectivity index (χ2v) is 9.44. The van der Waals surface area contributed by atoms with Gasteiger partial charge in [0.2, 0.25) is 17.3 Å². The Balaban J connectivity index is 1.33. The number of anilines is 1. The molecular formula is C25H26N4O3. The van der Waals surface area contributed by atoms with E-state index in [-0.39, 0.29) is 29.5 Å². The zero-order valence-corrected chi connectivity index (χ0v) is 18.4. The quantitative estimate of drug-likeness (QED) is 0.367. The summed E-state index contributed by atoms with van der Waals surface area (Å²) in [6.07, 6.45) is 2.92. The minimum absolute atomic E-state index is 0.0629. The number of piperidine rings is 1. The van der Waals surface area contributed by atoms with Gasteiger partial charge in [-0.05, 0) is 42.4 Å². The standard InChI is InChI=1S/C25H26N4O3/c1-25(2)12-15-27(16-13-25)18-9-7-17(8-10-18)11-14-28-22-21(26-29(28)32)23(30)19-5-3-4-6-20(19)24(22)31/h3-10H,11-16H2,1-2H3. The highest BCUT2D eigenvalue weighted by molar-refractivity contribution is 6.26. The molecule has 7 nitrogen and oxygen atoms in total. The van der Waals surface area contributed by atoms with Gasteiger partial charge in [-0.15, -0.1) is 4.68 Å². The van der Waals surface area contributed by atoms with Gasteiger partial charge in [0.1, 0.15) is 0 Å². The van der Waals surface area contributed by atoms with Crippen LogP contribution in [0, 0.1) is 10.6 Å². The minimum Gasteiger partial charge on any atom is -0.571 e. The number of benzene rings is 2. The van der Waals surface area contributed by atoms with E-state index in [4.69, 9.17) is 0 Å². The molecule has 0 bridgehead atoms. The zero-order valence-electron chi connectivity index (χ0n) is 18.4. The number of ketones is 2. The Bertz CT molecular complexity index is 1200. The lowest BCUT2D eigenvalue weighted by molar-refractivity contribution is -0.749. The Kier molecular flexibility index (Phi) is 4.84. The molecular weight excluding hydrogens is 404 g/mol. The molecule has 1 saturated heterocycles. The number of nitrogens with zero attached hydrogens (tertiary/aromatic N) is 4. The lowest BCUT2D eigenvalue weighted by Gasteiger charge is -2.38. The number of hydrogen-bond donors (Lipinski definition) is 0. The summed E-state index contributed by atoms with van der Waals surface area (Å²) in [5.74, 6) is -0.715. The molecule has 1 fully saturated rings. The first kappa shape index (κ1) is 20.4. The fourth-order valence-corrected chi connectivity index (χ4v) is 4.58. The van der Waals surface area contributed by atoms with Gasteiger partial charge < -0.3 is 10.1 Å². The van der Waals surface area contributed by atoms with Crippen molar-refractivity contribution in [1.82, 2.24) is 9.78 Å². The monoisotopic (exact) mass is 430 g/mol. The number of fused-ring (bicyclic) bond motifs is 2. The third-order valence-corrected chi connectivity index (χ3v) is 6.75. The molecule has 3 aromatic rings. The molecule has 1 aliphatic carbocycles. The van der Waals surface area contributed by atoms with Crippen LogP contribution in [0.15, 0.2) is 48.5 Å². The minimum atomic E-state index is -0.382. The Labute approximate surface area is 186 Å². The van der Waals surface area contributed by atoms with Gasteiger partial charge in [0.05, 0.1) is 6.54 Å². The SMILES string of the molecule is CC1(C)CCN(c2ccc(CCn3c4c(n[n+]3[O-])C(=O)c3ccccc3C4=O)cc2)CC1. The molecule has 0 unspecified atom stereocenters. The summed E-state index contributed by atoms with van der Waals surface area (Å²) in [7, 11) is 0. The summed E-state index contributed by atoms with van der Waals surface area (Å²) in [6.45, 7) is 7.02. The largest absolute Gasteiger partial charge is 0.571 e. The summed E-state index contributed by atoms with van der Waals surface area (Å²) >= 11 is 0. The summed E-state index contributed by atoms with van der Waals surface area (Å²) < 4.78 is 1.27. The summed E-state index contributed by atoms with van der Waals surface area (Å²) in [6, 6.07) is 15.0. The van der Waals surface area contributed by atoms with Gasteiger partial charge >= 0.3 is 0 Å². The number of rotatable bonds is 4. The Morgan fingerprint density at radius 1 is 0.969 bits per heavy atom. The Hall–Kier alpha value is -3.48. The molecule has 0 atom stereocenters. The topological polar surface area (TPSA) is 82.1 Å². The third-order valence-electron chi connectivity index (χ3n) is 6.75. The smallest absolute Gasteiger partial charge is 0.220 e. The van der Waals surface area contributed by atoms with Crippen LogP contribution in [0.25, 0.3) is 0 Å². The molecule has 0 amide bonds. The Morgan fingerprint density at radius 2 is 1.59 bits per heavy atom. The first-order valence-corrected chi connectivity index (χ1v) is 11.1. The molecule has 0 spiro atoms. The highest BCUT2D eigenvalue weighted by atomic mass is 16.5. The van der Waals surface area contributed by atoms with Crippen LogP contribution in [0.4, 0.5) is 5.69 Å². The maximum absolute atomic E-state index is 13.0. The van der Waals surface area contributed by atoms with Crippen LogP contribution >= 0.6 is 0 Å². The molecule has 2 heterocycles. The van der Waals surface area contributed by atoms with Gasteiger partial charge in [-0.1, -0.05) is 50.2 Å². The average molecular weight is 431 g/mol. The van der Waals surface area contributed by atoms with Crippen LogP contribution < -0.4 is 9.86 Å². The first-order chi connectivity index (χ1) is 15.3. The van der Waals surface area contributed by atoms with Crippen molar-refractivity contribution in [3.8, 4) is 0 Å². The van der Waals surface area contributed by atoms with Crippen LogP contribution in [0.5, 0.6) is 0 Å². The van der Waals surface area contributed by atoms with E-state index in [9.17, 15) is 14.8 Å². The molecule has 1 aromatic heterocycles. The number of aryl methyl sites for hydroxylation is 1. The molecule has 0 saturated carbocycles. The summed E-state index contributed by atoms with van der Waals surface area (Å²) in [5.41, 5.74) is 3.31. The maximum Gasteiger partial charge on any atom is 0.220 e. The van der Waals surface area contributed by atoms with Crippen LogP contribution in [0.2, 0.25) is 0 Å². The summed E-state index contributed by atoms with van der Waals surface area (Å²) in [4.78, 5) is 28.5. The van der Waals surface area contributed by atoms with Crippen molar-refractivity contribution in [2.45, 2.75) is 39.7 Å². The number of aromatic nitrogens is 3. The highest BCUT2D eigenvalue weighted by Gasteiger charge is 2.39. The normalized spacial score (nSPS) is 17.2. The lowest BCUT2D eigenvalue weighted by atomic mass is 9.82. The number of carbonyl (C=O) groups excluding carboxylic acids is 2. The molecule has 164 valence electrons. The van der Waals surface area contributed by atoms with E-state index >= 15 is 0 Å². The molecule has 0 N–H and O–H groups in total. The maximum atomic E-state index is 13.0. The number of carbonyl (C=O) groups is 2. The molecule has 32 heavy (non-hydrogen) atoms. The van der Waals surface area contributed by atoms with E-state index in [2.05, 4.69) is 48.1 Å². The summed E-state index contributed by atoms with van der Waals surface area (Å²) in [5, 5.41) is 16.3. The predicted octanol–water partition coefficient (Wildman–Crippen LogP) is 3.16. The average Bonchev–Trinajstić information content (AvgIpc) is 3.13. The second-order valence-electron chi connectivity index (χ2n) is 9.44. The highest BCUT2D eigenvalue weighted by Crippen LogP contribution is 2.32. The van der Waals surface area contributed by atoms with Crippen molar-refractivity contribution in [3.63, 3.8) is 0 Å². The van der Waals surface area contributed by atoms with Gasteiger partial charge in [-0.3, -0.25) is 9.59 Å². The van der Waals surface area contributed by atoms with E-state index in [0.717, 1.165) is 18.7 Å². The fourth-order valence-electron chi connectivity index (χ4n) is 4.58. The van der Waals surface area contributed by atoms with Gasteiger partial charge in [0.25, 0.3) is 0 Å². The molecule has 2 aromatic carbocycles. The zero-order chi connectivity index (χ0) is 22.5. The van der Waals surface area contributed by atoms with Crippen molar-refractivity contribution in [3.05, 3.63) is 81.8 Å². The van der Waals surface area contributed by atoms with E-state index in [1.807, 2.05) is 0 Å². The third kappa shape index (κ3) is 3.47. The molecule has 1 aliphatic heterocycles. The molecule has 7 heteroatoms. The van der Waals surface area contributed by atoms with Crippen molar-refractivity contribution in [2.75, 3.05) is 18.0 Å². The van der Waals surface area contributed by atoms with Crippen LogP contribution in [0.3, 0.4) is 0 Å². The van der Waals surface area contributed by atoms with Crippen molar-refractivity contribution in [1.29, 1.82) is 0 Å². The van der Waals surface area contributed by atoms with Crippen molar-refractivity contribution >= 4 is 17.3 Å². The second kappa shape index (κ2) is 7.58. The first-order valence-electron chi connectivity index (χ1n) is 11.1. The predicted molar refractivity (Wildman–Crippen MR) is 120 cm³/mol. The van der Waals surface area contributed by atoms with E-state index in [1.165, 1.54) is 23.2 Å². The Morgan fingerprint density at radius 3 is 2.25 bits per heavy atom. The van der Waals surface area contributed by atoms with E-state index in [0.29, 0.717) is 27.9 Å². The van der Waals surface area contributed by atoms with E-state index in [1.54, 1.807) is 24.3 Å².